The van der Waals surface area contributed by atoms with Gasteiger partial charge in [0.2, 0.25) is 12.3 Å². The molecule has 1 aromatic heterocycles. The lowest BCUT2D eigenvalue weighted by Gasteiger charge is -2.49. The standard InChI is InChI=1S/C29H29ClF2N6O3/c1-4-24(39)36-11-17(3)37(12-16(36)2)28-21-10-22(30)25(20-6-5-18(31)9-23(20)32)27-26(21)38(29(40)34-28)19(14-41-27)13-35-8-7-33-15-35/h4-10,15-17,19,29,40H,1,11-14H2,2-3H3/t16-,17+,19+,29?/m1/s1. The fourth-order valence-corrected chi connectivity index (χ4v) is 6.26. The van der Waals surface area contributed by atoms with Crippen LogP contribution in [0.2, 0.25) is 5.02 Å². The first kappa shape index (κ1) is 27.2. The van der Waals surface area contributed by atoms with Crippen LogP contribution in [0.1, 0.15) is 19.4 Å². The number of carbonyl (C=O) groups is 1. The minimum atomic E-state index is -1.28. The van der Waals surface area contributed by atoms with Crippen LogP contribution in [0.15, 0.2) is 60.6 Å². The molecule has 0 aliphatic carbocycles. The molecule has 3 aliphatic rings. The number of carbonyl (C=O) groups excluding carboxylic acids is 1. The molecule has 0 spiro atoms. The number of amides is 1. The van der Waals surface area contributed by atoms with Crippen molar-refractivity contribution >= 4 is 29.0 Å². The molecule has 1 N–H and O–H groups in total. The van der Waals surface area contributed by atoms with Gasteiger partial charge in [0.05, 0.1) is 23.1 Å². The molecule has 0 saturated carbocycles. The average Bonchev–Trinajstić information content (AvgIpc) is 3.45. The predicted molar refractivity (Wildman–Crippen MR) is 151 cm³/mol. The second kappa shape index (κ2) is 10.5. The zero-order valence-corrected chi connectivity index (χ0v) is 23.3. The Kier molecular flexibility index (Phi) is 6.95. The van der Waals surface area contributed by atoms with E-state index in [0.717, 1.165) is 12.1 Å². The van der Waals surface area contributed by atoms with Crippen molar-refractivity contribution < 1.29 is 23.4 Å². The van der Waals surface area contributed by atoms with Crippen molar-refractivity contribution in [2.75, 3.05) is 24.6 Å². The Bertz CT molecular complexity index is 1550. The van der Waals surface area contributed by atoms with Crippen LogP contribution in [0.4, 0.5) is 14.5 Å². The lowest BCUT2D eigenvalue weighted by molar-refractivity contribution is -0.130. The third kappa shape index (κ3) is 4.62. The van der Waals surface area contributed by atoms with Crippen molar-refractivity contribution in [3.8, 4) is 16.9 Å². The highest BCUT2D eigenvalue weighted by molar-refractivity contribution is 6.35. The van der Waals surface area contributed by atoms with E-state index in [-0.39, 0.29) is 52.5 Å². The highest BCUT2D eigenvalue weighted by Crippen LogP contribution is 2.51. The summed E-state index contributed by atoms with van der Waals surface area (Å²) in [6.45, 7) is 9.01. The Morgan fingerprint density at radius 3 is 2.73 bits per heavy atom. The molecule has 2 aromatic carbocycles. The summed E-state index contributed by atoms with van der Waals surface area (Å²) in [5.41, 5.74) is 1.48. The number of imidazole rings is 1. The number of aliphatic hydroxyl groups is 1. The summed E-state index contributed by atoms with van der Waals surface area (Å²) in [5.74, 6) is -0.862. The monoisotopic (exact) mass is 582 g/mol. The predicted octanol–water partition coefficient (Wildman–Crippen LogP) is 3.89. The van der Waals surface area contributed by atoms with E-state index in [1.165, 1.54) is 12.1 Å². The number of amidine groups is 1. The maximum atomic E-state index is 15.1. The van der Waals surface area contributed by atoms with Gasteiger partial charge in [-0.1, -0.05) is 18.2 Å². The Balaban J connectivity index is 1.49. The molecule has 214 valence electrons. The Hall–Kier alpha value is -3.96. The van der Waals surface area contributed by atoms with Gasteiger partial charge in [-0.25, -0.2) is 18.8 Å². The van der Waals surface area contributed by atoms with E-state index in [4.69, 9.17) is 21.3 Å². The van der Waals surface area contributed by atoms with Gasteiger partial charge in [-0.15, -0.1) is 0 Å². The molecule has 4 heterocycles. The number of anilines is 1. The first-order chi connectivity index (χ1) is 19.7. The molecule has 4 atom stereocenters. The minimum absolute atomic E-state index is 0.0827. The fraction of sp³-hybridized carbons (Fsp3) is 0.345. The van der Waals surface area contributed by atoms with Gasteiger partial charge in [-0.3, -0.25) is 4.79 Å². The Morgan fingerprint density at radius 1 is 1.22 bits per heavy atom. The molecule has 41 heavy (non-hydrogen) atoms. The Morgan fingerprint density at radius 2 is 2.02 bits per heavy atom. The van der Waals surface area contributed by atoms with E-state index >= 15 is 4.39 Å². The van der Waals surface area contributed by atoms with Gasteiger partial charge in [0.25, 0.3) is 0 Å². The van der Waals surface area contributed by atoms with Gasteiger partial charge in [-0.05, 0) is 38.1 Å². The van der Waals surface area contributed by atoms with Crippen LogP contribution >= 0.6 is 11.6 Å². The Labute approximate surface area is 240 Å². The number of benzene rings is 2. The van der Waals surface area contributed by atoms with Crippen LogP contribution in [-0.2, 0) is 11.3 Å². The van der Waals surface area contributed by atoms with Gasteiger partial charge in [0.15, 0.2) is 5.75 Å². The lowest BCUT2D eigenvalue weighted by Crippen LogP contribution is -2.61. The van der Waals surface area contributed by atoms with Crippen LogP contribution < -0.4 is 9.64 Å². The molecular weight excluding hydrogens is 554 g/mol. The fourth-order valence-electron chi connectivity index (χ4n) is 5.97. The van der Waals surface area contributed by atoms with Crippen molar-refractivity contribution in [3.63, 3.8) is 0 Å². The molecule has 0 bridgehead atoms. The van der Waals surface area contributed by atoms with E-state index in [2.05, 4.69) is 11.6 Å². The third-order valence-electron chi connectivity index (χ3n) is 7.90. The second-order valence-corrected chi connectivity index (χ2v) is 11.0. The van der Waals surface area contributed by atoms with E-state index in [9.17, 15) is 14.3 Å². The summed E-state index contributed by atoms with van der Waals surface area (Å²) < 4.78 is 37.1. The van der Waals surface area contributed by atoms with E-state index in [1.54, 1.807) is 28.4 Å². The SMILES string of the molecule is C=CC(=O)N1C[C@H](C)N(C2=NC(O)N3c4c2cc(Cl)c(-c2ccc(F)cc2F)c4OC[C@@H]3Cn2ccnc2)C[C@H]1C. The van der Waals surface area contributed by atoms with Crippen LogP contribution in [0.5, 0.6) is 5.75 Å². The highest BCUT2D eigenvalue weighted by Gasteiger charge is 2.43. The number of aliphatic imine (C=N–C) groups is 1. The first-order valence-corrected chi connectivity index (χ1v) is 13.7. The summed E-state index contributed by atoms with van der Waals surface area (Å²) >= 11 is 6.83. The zero-order valence-electron chi connectivity index (χ0n) is 22.5. The zero-order chi connectivity index (χ0) is 29.0. The number of hydrogen-bond donors (Lipinski definition) is 1. The quantitative estimate of drug-likeness (QED) is 0.470. The number of ether oxygens (including phenoxy) is 1. The molecule has 1 fully saturated rings. The van der Waals surface area contributed by atoms with Crippen LogP contribution in [-0.4, -0.2) is 80.4 Å². The van der Waals surface area contributed by atoms with E-state index in [1.807, 2.05) is 29.5 Å². The van der Waals surface area contributed by atoms with Crippen LogP contribution in [0, 0.1) is 11.6 Å². The molecule has 0 radical (unpaired) electrons. The van der Waals surface area contributed by atoms with Gasteiger partial charge in [-0.2, -0.15) is 0 Å². The molecule has 1 amide bonds. The summed E-state index contributed by atoms with van der Waals surface area (Å²) in [7, 11) is 0. The maximum absolute atomic E-state index is 15.1. The topological polar surface area (TPSA) is 86.4 Å². The summed E-state index contributed by atoms with van der Waals surface area (Å²) in [5, 5.41) is 11.7. The van der Waals surface area contributed by atoms with Crippen LogP contribution in [0.3, 0.4) is 0 Å². The van der Waals surface area contributed by atoms with E-state index < -0.39 is 18.0 Å². The molecule has 9 nitrogen and oxygen atoms in total. The average molecular weight is 583 g/mol. The number of piperazine rings is 1. The van der Waals surface area contributed by atoms with Gasteiger partial charge >= 0.3 is 0 Å². The smallest absolute Gasteiger partial charge is 0.246 e. The van der Waals surface area contributed by atoms with Crippen molar-refractivity contribution in [1.82, 2.24) is 19.4 Å². The summed E-state index contributed by atoms with van der Waals surface area (Å²) in [6.07, 6.45) is 5.18. The largest absolute Gasteiger partial charge is 0.488 e. The van der Waals surface area contributed by atoms with Gasteiger partial charge in [0.1, 0.15) is 24.1 Å². The van der Waals surface area contributed by atoms with Crippen molar-refractivity contribution in [2.24, 2.45) is 4.99 Å². The number of halogens is 3. The van der Waals surface area contributed by atoms with Crippen molar-refractivity contribution in [2.45, 2.75) is 44.9 Å². The highest BCUT2D eigenvalue weighted by atomic mass is 35.5. The number of rotatable bonds is 4. The molecule has 1 saturated heterocycles. The normalized spacial score (nSPS) is 23.6. The second-order valence-electron chi connectivity index (χ2n) is 10.6. The minimum Gasteiger partial charge on any atom is -0.488 e. The first-order valence-electron chi connectivity index (χ1n) is 13.3. The lowest BCUT2D eigenvalue weighted by atomic mass is 9.94. The molecule has 1 unspecified atom stereocenters. The summed E-state index contributed by atoms with van der Waals surface area (Å²) in [4.78, 5) is 26.8. The van der Waals surface area contributed by atoms with Gasteiger partial charge < -0.3 is 29.1 Å². The van der Waals surface area contributed by atoms with E-state index in [0.29, 0.717) is 36.7 Å². The van der Waals surface area contributed by atoms with Crippen molar-refractivity contribution in [3.05, 3.63) is 77.9 Å². The number of nitrogens with zero attached hydrogens (tertiary/aromatic N) is 6. The number of hydrogen-bond acceptors (Lipinski definition) is 7. The number of aliphatic hydroxyl groups excluding tert-OH is 1. The molecule has 3 aromatic rings. The molecule has 12 heteroatoms. The molecule has 3 aliphatic heterocycles. The third-order valence-corrected chi connectivity index (χ3v) is 8.20. The van der Waals surface area contributed by atoms with Crippen LogP contribution in [0.25, 0.3) is 11.1 Å². The molecule has 6 rings (SSSR count). The summed E-state index contributed by atoms with van der Waals surface area (Å²) in [6, 6.07) is 4.33. The van der Waals surface area contributed by atoms with Gasteiger partial charge in [0, 0.05) is 66.9 Å². The van der Waals surface area contributed by atoms with Crippen molar-refractivity contribution in [1.29, 1.82) is 0 Å². The molecular formula is C29H29ClF2N6O3. The number of aromatic nitrogens is 2. The maximum Gasteiger partial charge on any atom is 0.246 e.